The van der Waals surface area contributed by atoms with Crippen LogP contribution >= 0.6 is 11.3 Å². The summed E-state index contributed by atoms with van der Waals surface area (Å²) >= 11 is 1.72. The number of likely N-dealkylation sites (N-methyl/N-ethyl adjacent to an activating group) is 1. The molecule has 3 aromatic rings. The first kappa shape index (κ1) is 16.4. The molecule has 0 aliphatic carbocycles. The molecule has 6 nitrogen and oxygen atoms in total. The van der Waals surface area contributed by atoms with E-state index in [4.69, 9.17) is 0 Å². The number of anilines is 1. The van der Waals surface area contributed by atoms with Crippen LogP contribution in [0, 0.1) is 10.1 Å². The Morgan fingerprint density at radius 1 is 1.29 bits per heavy atom. The normalized spacial score (nSPS) is 12.5. The molecule has 0 aliphatic rings. The van der Waals surface area contributed by atoms with Gasteiger partial charge in [-0.1, -0.05) is 6.07 Å². The van der Waals surface area contributed by atoms with E-state index in [0.717, 1.165) is 11.1 Å². The van der Waals surface area contributed by atoms with Crippen LogP contribution in [0.4, 0.5) is 11.4 Å². The van der Waals surface area contributed by atoms with Gasteiger partial charge in [-0.05, 0) is 37.7 Å². The number of thiophene rings is 1. The zero-order chi connectivity index (χ0) is 17.1. The molecule has 7 heteroatoms. The highest BCUT2D eigenvalue weighted by Gasteiger charge is 2.17. The summed E-state index contributed by atoms with van der Waals surface area (Å²) in [7, 11) is 4.09. The Morgan fingerprint density at radius 3 is 2.79 bits per heavy atom. The molecule has 3 rings (SSSR count). The summed E-state index contributed by atoms with van der Waals surface area (Å²) in [6.07, 6.45) is 3.20. The minimum absolute atomic E-state index is 0.0751. The fourth-order valence-corrected chi connectivity index (χ4v) is 3.64. The van der Waals surface area contributed by atoms with E-state index < -0.39 is 0 Å². The maximum atomic E-state index is 11.2. The average Bonchev–Trinajstić information content (AvgIpc) is 3.08. The van der Waals surface area contributed by atoms with Gasteiger partial charge in [-0.2, -0.15) is 0 Å². The van der Waals surface area contributed by atoms with Crippen molar-refractivity contribution in [2.45, 2.75) is 6.04 Å². The number of benzene rings is 1. The van der Waals surface area contributed by atoms with Crippen LogP contribution in [0.1, 0.15) is 10.9 Å². The van der Waals surface area contributed by atoms with Gasteiger partial charge in [-0.3, -0.25) is 15.1 Å². The Morgan fingerprint density at radius 2 is 2.12 bits per heavy atom. The summed E-state index contributed by atoms with van der Waals surface area (Å²) in [5.41, 5.74) is 0.951. The lowest BCUT2D eigenvalue weighted by atomic mass is 10.1. The molecule has 0 saturated heterocycles. The highest BCUT2D eigenvalue weighted by atomic mass is 32.1. The van der Waals surface area contributed by atoms with Crippen LogP contribution in [0.3, 0.4) is 0 Å². The standard InChI is InChI=1S/C17H18N4O2S/c1-20(2)16(17-4-3-9-24-17)11-19-14-5-6-15(21(22)23)13-10-18-8-7-12(13)14/h3-10,16,19H,11H2,1-2H3/t16-/m0/s1. The van der Waals surface area contributed by atoms with Gasteiger partial charge in [0.05, 0.1) is 16.4 Å². The molecule has 0 bridgehead atoms. The zero-order valence-electron chi connectivity index (χ0n) is 13.5. The summed E-state index contributed by atoms with van der Waals surface area (Å²) in [5, 5.41) is 18.1. The summed E-state index contributed by atoms with van der Waals surface area (Å²) in [5.74, 6) is 0. The van der Waals surface area contributed by atoms with Crippen molar-refractivity contribution in [2.24, 2.45) is 0 Å². The Kier molecular flexibility index (Phi) is 4.73. The van der Waals surface area contributed by atoms with E-state index in [1.165, 1.54) is 10.9 Å². The number of hydrogen-bond acceptors (Lipinski definition) is 6. The van der Waals surface area contributed by atoms with Gasteiger partial charge in [0.1, 0.15) is 0 Å². The number of non-ortho nitro benzene ring substituents is 1. The third kappa shape index (κ3) is 3.22. The van der Waals surface area contributed by atoms with Crippen LogP contribution in [0.25, 0.3) is 10.8 Å². The first-order chi connectivity index (χ1) is 11.6. The number of nitro groups is 1. The van der Waals surface area contributed by atoms with Crippen molar-refractivity contribution in [1.82, 2.24) is 9.88 Å². The van der Waals surface area contributed by atoms with E-state index in [9.17, 15) is 10.1 Å². The fourth-order valence-electron chi connectivity index (χ4n) is 2.71. The third-order valence-electron chi connectivity index (χ3n) is 3.97. The second-order valence-electron chi connectivity index (χ2n) is 5.69. The number of pyridine rings is 1. The lowest BCUT2D eigenvalue weighted by Crippen LogP contribution is -2.26. The lowest BCUT2D eigenvalue weighted by Gasteiger charge is -2.24. The smallest absolute Gasteiger partial charge is 0.278 e. The molecular weight excluding hydrogens is 324 g/mol. The SMILES string of the molecule is CN(C)[C@@H](CNc1ccc([N+](=O)[O-])c2cnccc12)c1cccs1. The molecule has 0 amide bonds. The topological polar surface area (TPSA) is 71.3 Å². The van der Waals surface area contributed by atoms with E-state index in [0.29, 0.717) is 11.9 Å². The highest BCUT2D eigenvalue weighted by molar-refractivity contribution is 7.10. The number of hydrogen-bond donors (Lipinski definition) is 1. The summed E-state index contributed by atoms with van der Waals surface area (Å²) < 4.78 is 0. The quantitative estimate of drug-likeness (QED) is 0.543. The van der Waals surface area contributed by atoms with Gasteiger partial charge in [0, 0.05) is 41.0 Å². The lowest BCUT2D eigenvalue weighted by molar-refractivity contribution is -0.383. The molecule has 2 heterocycles. The van der Waals surface area contributed by atoms with E-state index in [1.54, 1.807) is 35.9 Å². The largest absolute Gasteiger partial charge is 0.383 e. The van der Waals surface area contributed by atoms with Crippen LogP contribution in [0.2, 0.25) is 0 Å². The first-order valence-corrected chi connectivity index (χ1v) is 8.40. The first-order valence-electron chi connectivity index (χ1n) is 7.52. The monoisotopic (exact) mass is 342 g/mol. The second kappa shape index (κ2) is 6.94. The molecule has 0 saturated carbocycles. The molecule has 1 atom stereocenters. The molecule has 124 valence electrons. The van der Waals surface area contributed by atoms with Crippen molar-refractivity contribution in [3.05, 3.63) is 63.1 Å². The Bertz CT molecular complexity index is 849. The van der Waals surface area contributed by atoms with Gasteiger partial charge >= 0.3 is 0 Å². The third-order valence-corrected chi connectivity index (χ3v) is 4.95. The van der Waals surface area contributed by atoms with Gasteiger partial charge in [0.2, 0.25) is 0 Å². The van der Waals surface area contributed by atoms with Crippen molar-refractivity contribution in [1.29, 1.82) is 0 Å². The van der Waals surface area contributed by atoms with Crippen molar-refractivity contribution in [3.8, 4) is 0 Å². The maximum Gasteiger partial charge on any atom is 0.278 e. The maximum absolute atomic E-state index is 11.2. The molecule has 1 aromatic carbocycles. The minimum atomic E-state index is -0.373. The number of nitrogens with one attached hydrogen (secondary N) is 1. The zero-order valence-corrected chi connectivity index (χ0v) is 14.3. The number of aromatic nitrogens is 1. The minimum Gasteiger partial charge on any atom is -0.383 e. The number of fused-ring (bicyclic) bond motifs is 1. The van der Waals surface area contributed by atoms with Gasteiger partial charge in [0.25, 0.3) is 5.69 Å². The van der Waals surface area contributed by atoms with Crippen molar-refractivity contribution in [3.63, 3.8) is 0 Å². The van der Waals surface area contributed by atoms with E-state index in [1.807, 2.05) is 20.2 Å². The van der Waals surface area contributed by atoms with Crippen LogP contribution in [0.15, 0.2) is 48.1 Å². The van der Waals surface area contributed by atoms with Gasteiger partial charge < -0.3 is 10.2 Å². The summed E-state index contributed by atoms with van der Waals surface area (Å²) in [6.45, 7) is 0.711. The van der Waals surface area contributed by atoms with Crippen molar-refractivity contribution < 1.29 is 4.92 Å². The molecule has 0 spiro atoms. The van der Waals surface area contributed by atoms with E-state index >= 15 is 0 Å². The molecule has 1 N–H and O–H groups in total. The second-order valence-corrected chi connectivity index (χ2v) is 6.67. The highest BCUT2D eigenvalue weighted by Crippen LogP contribution is 2.31. The Balaban J connectivity index is 1.90. The van der Waals surface area contributed by atoms with Gasteiger partial charge in [-0.25, -0.2) is 0 Å². The van der Waals surface area contributed by atoms with E-state index in [2.05, 4.69) is 26.6 Å². The number of nitro benzene ring substituents is 1. The molecule has 2 aromatic heterocycles. The predicted molar refractivity (Wildman–Crippen MR) is 97.6 cm³/mol. The van der Waals surface area contributed by atoms with E-state index in [-0.39, 0.29) is 16.7 Å². The van der Waals surface area contributed by atoms with Crippen LogP contribution in [-0.4, -0.2) is 35.4 Å². The summed E-state index contributed by atoms with van der Waals surface area (Å²) in [6, 6.07) is 9.50. The molecule has 0 radical (unpaired) electrons. The van der Waals surface area contributed by atoms with Gasteiger partial charge in [0.15, 0.2) is 0 Å². The van der Waals surface area contributed by atoms with Crippen molar-refractivity contribution >= 4 is 33.5 Å². The number of rotatable bonds is 6. The molecule has 24 heavy (non-hydrogen) atoms. The van der Waals surface area contributed by atoms with Crippen LogP contribution in [-0.2, 0) is 0 Å². The molecule has 0 fully saturated rings. The Labute approximate surface area is 143 Å². The molecular formula is C17H18N4O2S. The fraction of sp³-hybridized carbons (Fsp3) is 0.235. The van der Waals surface area contributed by atoms with Gasteiger partial charge in [-0.15, -0.1) is 11.3 Å². The van der Waals surface area contributed by atoms with Crippen LogP contribution < -0.4 is 5.32 Å². The average molecular weight is 342 g/mol. The summed E-state index contributed by atoms with van der Waals surface area (Å²) in [4.78, 5) is 18.3. The van der Waals surface area contributed by atoms with Crippen molar-refractivity contribution in [2.75, 3.05) is 26.0 Å². The number of nitrogens with zero attached hydrogens (tertiary/aromatic N) is 3. The molecule has 0 aliphatic heterocycles. The molecule has 0 unspecified atom stereocenters. The van der Waals surface area contributed by atoms with Crippen LogP contribution in [0.5, 0.6) is 0 Å². The Hall–Kier alpha value is -2.51. The predicted octanol–water partition coefficient (Wildman–Crippen LogP) is 3.92.